The van der Waals surface area contributed by atoms with Crippen LogP contribution in [0.2, 0.25) is 0 Å². The summed E-state index contributed by atoms with van der Waals surface area (Å²) in [6.45, 7) is 2.91. The maximum atomic E-state index is 5.14. The van der Waals surface area contributed by atoms with Gasteiger partial charge in [-0.1, -0.05) is 0 Å². The molecule has 3 rings (SSSR count). The third kappa shape index (κ3) is 3.20. The zero-order chi connectivity index (χ0) is 14.7. The minimum absolute atomic E-state index is 0.239. The Labute approximate surface area is 127 Å². The number of pyridine rings is 2. The zero-order valence-corrected chi connectivity index (χ0v) is 12.9. The highest BCUT2D eigenvalue weighted by Crippen LogP contribution is 2.22. The van der Waals surface area contributed by atoms with Crippen molar-refractivity contribution >= 4 is 21.6 Å². The quantitative estimate of drug-likeness (QED) is 0.782. The lowest BCUT2D eigenvalue weighted by Gasteiger charge is -2.14. The number of nitrogens with one attached hydrogen (secondary N) is 1. The first-order chi connectivity index (χ1) is 10.3. The summed E-state index contributed by atoms with van der Waals surface area (Å²) in [4.78, 5) is 8.60. The van der Waals surface area contributed by atoms with E-state index < -0.39 is 0 Å². The second-order valence-corrected chi connectivity index (χ2v) is 5.83. The van der Waals surface area contributed by atoms with Crippen molar-refractivity contribution < 1.29 is 4.74 Å². The molecule has 0 fully saturated rings. The van der Waals surface area contributed by atoms with Gasteiger partial charge in [0.05, 0.1) is 17.3 Å². The Hall–Kier alpha value is -1.98. The molecule has 0 aliphatic rings. The maximum absolute atomic E-state index is 5.14. The SMILES string of the molecule is COc1cc(CNC(C)c2cnc3ccsc3c2)ccn1. The van der Waals surface area contributed by atoms with E-state index >= 15 is 0 Å². The van der Waals surface area contributed by atoms with E-state index in [0.29, 0.717) is 5.88 Å². The van der Waals surface area contributed by atoms with Crippen LogP contribution in [0.1, 0.15) is 24.1 Å². The highest BCUT2D eigenvalue weighted by Gasteiger charge is 2.07. The molecule has 3 heterocycles. The zero-order valence-electron chi connectivity index (χ0n) is 12.0. The molecule has 1 atom stereocenters. The molecule has 0 amide bonds. The predicted octanol–water partition coefficient (Wildman–Crippen LogP) is 3.55. The van der Waals surface area contributed by atoms with Gasteiger partial charge in [-0.15, -0.1) is 11.3 Å². The summed E-state index contributed by atoms with van der Waals surface area (Å²) >= 11 is 1.72. The van der Waals surface area contributed by atoms with Crippen LogP contribution >= 0.6 is 11.3 Å². The van der Waals surface area contributed by atoms with Crippen molar-refractivity contribution in [1.82, 2.24) is 15.3 Å². The van der Waals surface area contributed by atoms with Crippen LogP contribution in [0.5, 0.6) is 5.88 Å². The first kappa shape index (κ1) is 14.0. The second-order valence-electron chi connectivity index (χ2n) is 4.88. The van der Waals surface area contributed by atoms with Crippen LogP contribution in [0.15, 0.2) is 42.0 Å². The number of methoxy groups -OCH3 is 1. The predicted molar refractivity (Wildman–Crippen MR) is 85.7 cm³/mol. The molecular formula is C16H17N3OS. The molecule has 0 saturated heterocycles. The van der Waals surface area contributed by atoms with Crippen LogP contribution in [-0.2, 0) is 6.54 Å². The fourth-order valence-electron chi connectivity index (χ4n) is 2.16. The van der Waals surface area contributed by atoms with Crippen molar-refractivity contribution in [3.05, 3.63) is 53.2 Å². The summed E-state index contributed by atoms with van der Waals surface area (Å²) in [5, 5.41) is 5.58. The van der Waals surface area contributed by atoms with E-state index in [-0.39, 0.29) is 6.04 Å². The van der Waals surface area contributed by atoms with Crippen molar-refractivity contribution in [3.63, 3.8) is 0 Å². The number of ether oxygens (including phenoxy) is 1. The minimum atomic E-state index is 0.239. The Morgan fingerprint density at radius 2 is 2.19 bits per heavy atom. The van der Waals surface area contributed by atoms with Gasteiger partial charge in [0, 0.05) is 31.0 Å². The normalized spacial score (nSPS) is 12.5. The molecule has 0 spiro atoms. The molecule has 3 aromatic heterocycles. The number of hydrogen-bond donors (Lipinski definition) is 1. The molecule has 0 saturated carbocycles. The van der Waals surface area contributed by atoms with E-state index in [9.17, 15) is 0 Å². The average molecular weight is 299 g/mol. The number of rotatable bonds is 5. The highest BCUT2D eigenvalue weighted by molar-refractivity contribution is 7.17. The van der Waals surface area contributed by atoms with Gasteiger partial charge in [-0.2, -0.15) is 0 Å². The molecule has 1 N–H and O–H groups in total. The number of aromatic nitrogens is 2. The van der Waals surface area contributed by atoms with Gasteiger partial charge in [0.1, 0.15) is 0 Å². The fourth-order valence-corrected chi connectivity index (χ4v) is 2.95. The number of hydrogen-bond acceptors (Lipinski definition) is 5. The van der Waals surface area contributed by atoms with Gasteiger partial charge < -0.3 is 10.1 Å². The Morgan fingerprint density at radius 1 is 1.29 bits per heavy atom. The highest BCUT2D eigenvalue weighted by atomic mass is 32.1. The lowest BCUT2D eigenvalue weighted by atomic mass is 10.1. The van der Waals surface area contributed by atoms with Gasteiger partial charge in [-0.05, 0) is 41.6 Å². The first-order valence-corrected chi connectivity index (χ1v) is 7.69. The van der Waals surface area contributed by atoms with Crippen LogP contribution in [0.4, 0.5) is 0 Å². The molecule has 0 bridgehead atoms. The summed E-state index contributed by atoms with van der Waals surface area (Å²) in [6, 6.07) is 8.43. The average Bonchev–Trinajstić information content (AvgIpc) is 3.00. The van der Waals surface area contributed by atoms with Gasteiger partial charge in [-0.25, -0.2) is 4.98 Å². The topological polar surface area (TPSA) is 47.0 Å². The first-order valence-electron chi connectivity index (χ1n) is 6.82. The Morgan fingerprint density at radius 3 is 3.05 bits per heavy atom. The van der Waals surface area contributed by atoms with Crippen molar-refractivity contribution in [1.29, 1.82) is 0 Å². The Balaban J connectivity index is 1.69. The molecule has 3 aromatic rings. The second kappa shape index (κ2) is 6.20. The lowest BCUT2D eigenvalue weighted by Crippen LogP contribution is -2.18. The van der Waals surface area contributed by atoms with Crippen molar-refractivity contribution in [2.24, 2.45) is 0 Å². The van der Waals surface area contributed by atoms with Gasteiger partial charge in [0.15, 0.2) is 0 Å². The minimum Gasteiger partial charge on any atom is -0.481 e. The molecule has 108 valence electrons. The molecule has 5 heteroatoms. The van der Waals surface area contributed by atoms with E-state index in [0.717, 1.165) is 17.6 Å². The van der Waals surface area contributed by atoms with Crippen LogP contribution in [-0.4, -0.2) is 17.1 Å². The largest absolute Gasteiger partial charge is 0.481 e. The fraction of sp³-hybridized carbons (Fsp3) is 0.250. The third-order valence-electron chi connectivity index (χ3n) is 3.44. The maximum Gasteiger partial charge on any atom is 0.213 e. The molecule has 0 aromatic carbocycles. The molecule has 4 nitrogen and oxygen atoms in total. The summed E-state index contributed by atoms with van der Waals surface area (Å²) in [7, 11) is 1.63. The monoisotopic (exact) mass is 299 g/mol. The van der Waals surface area contributed by atoms with Gasteiger partial charge in [0.25, 0.3) is 0 Å². The molecule has 0 radical (unpaired) electrons. The summed E-state index contributed by atoms with van der Waals surface area (Å²) in [5.41, 5.74) is 3.42. The number of nitrogens with zero attached hydrogens (tertiary/aromatic N) is 2. The van der Waals surface area contributed by atoms with E-state index in [1.165, 1.54) is 10.3 Å². The summed E-state index contributed by atoms with van der Waals surface area (Å²) < 4.78 is 6.37. The van der Waals surface area contributed by atoms with Crippen LogP contribution in [0.25, 0.3) is 10.2 Å². The van der Waals surface area contributed by atoms with Crippen molar-refractivity contribution in [2.75, 3.05) is 7.11 Å². The van der Waals surface area contributed by atoms with Crippen molar-refractivity contribution in [2.45, 2.75) is 19.5 Å². The molecular weight excluding hydrogens is 282 g/mol. The van der Waals surface area contributed by atoms with Crippen LogP contribution < -0.4 is 10.1 Å². The number of fused-ring (bicyclic) bond motifs is 1. The van der Waals surface area contributed by atoms with E-state index in [1.807, 2.05) is 24.4 Å². The molecule has 21 heavy (non-hydrogen) atoms. The smallest absolute Gasteiger partial charge is 0.213 e. The molecule has 1 unspecified atom stereocenters. The standard InChI is InChI=1S/C16H17N3OS/c1-11(13-8-15-14(19-10-13)4-6-21-15)18-9-12-3-5-17-16(7-12)20-2/h3-8,10-11,18H,9H2,1-2H3. The van der Waals surface area contributed by atoms with Gasteiger partial charge >= 0.3 is 0 Å². The van der Waals surface area contributed by atoms with Gasteiger partial charge in [0.2, 0.25) is 5.88 Å². The molecule has 0 aliphatic heterocycles. The summed E-state index contributed by atoms with van der Waals surface area (Å²) in [5.74, 6) is 0.642. The third-order valence-corrected chi connectivity index (χ3v) is 4.30. The lowest BCUT2D eigenvalue weighted by molar-refractivity contribution is 0.397. The number of thiophene rings is 1. The van der Waals surface area contributed by atoms with Crippen molar-refractivity contribution in [3.8, 4) is 5.88 Å². The van der Waals surface area contributed by atoms with E-state index in [2.05, 4.69) is 33.7 Å². The summed E-state index contributed by atoms with van der Waals surface area (Å²) in [6.07, 6.45) is 3.71. The van der Waals surface area contributed by atoms with Gasteiger partial charge in [-0.3, -0.25) is 4.98 Å². The van der Waals surface area contributed by atoms with Crippen LogP contribution in [0.3, 0.4) is 0 Å². The van der Waals surface area contributed by atoms with Crippen LogP contribution in [0, 0.1) is 0 Å². The Bertz CT molecular complexity index is 741. The van der Waals surface area contributed by atoms with E-state index in [1.54, 1.807) is 24.6 Å². The van der Waals surface area contributed by atoms with E-state index in [4.69, 9.17) is 4.74 Å². The Kier molecular flexibility index (Phi) is 4.13. The molecule has 0 aliphatic carbocycles.